The predicted octanol–water partition coefficient (Wildman–Crippen LogP) is -7.67. The first-order valence-electron chi connectivity index (χ1n) is 1.82. The SMILES string of the molecule is CS(=O)(=O)[O-].CS(=O)(=O)[O-].[K+].[K+]. The predicted molar refractivity (Wildman–Crippen MR) is 31.2 cm³/mol. The first kappa shape index (κ1) is 24.4. The average molecular weight is 268 g/mol. The third kappa shape index (κ3) is 200. The van der Waals surface area contributed by atoms with Crippen molar-refractivity contribution in [1.82, 2.24) is 0 Å². The second-order valence-electron chi connectivity index (χ2n) is 1.41. The molecule has 0 aliphatic heterocycles. The van der Waals surface area contributed by atoms with Gasteiger partial charge in [-0.1, -0.05) is 0 Å². The van der Waals surface area contributed by atoms with Crippen LogP contribution in [0, 0.1) is 0 Å². The summed E-state index contributed by atoms with van der Waals surface area (Å²) in [4.78, 5) is 0. The van der Waals surface area contributed by atoms with Gasteiger partial charge in [-0.3, -0.25) is 0 Å². The van der Waals surface area contributed by atoms with E-state index >= 15 is 0 Å². The first-order valence-corrected chi connectivity index (χ1v) is 5.45. The maximum absolute atomic E-state index is 9.08. The van der Waals surface area contributed by atoms with E-state index in [1.165, 1.54) is 0 Å². The van der Waals surface area contributed by atoms with Gasteiger partial charge in [0.1, 0.15) is 0 Å². The van der Waals surface area contributed by atoms with Gasteiger partial charge in [-0.15, -0.1) is 0 Å². The van der Waals surface area contributed by atoms with Crippen LogP contribution in [-0.2, 0) is 20.2 Å². The molecule has 0 aromatic rings. The standard InChI is InChI=1S/2CH4O3S.2K/c2*1-5(2,3)4;;/h2*1H3,(H,2,3,4);;/q;;2*+1/p-2. The molecule has 12 heavy (non-hydrogen) atoms. The first-order chi connectivity index (χ1) is 4.00. The van der Waals surface area contributed by atoms with Crippen molar-refractivity contribution in [3.8, 4) is 0 Å². The van der Waals surface area contributed by atoms with Crippen molar-refractivity contribution in [1.29, 1.82) is 0 Å². The molecule has 0 N–H and O–H groups in total. The second kappa shape index (κ2) is 10.6. The number of rotatable bonds is 0. The van der Waals surface area contributed by atoms with Crippen molar-refractivity contribution in [3.05, 3.63) is 0 Å². The second-order valence-corrected chi connectivity index (χ2v) is 4.22. The van der Waals surface area contributed by atoms with Gasteiger partial charge in [0.15, 0.2) is 0 Å². The molecule has 0 saturated carbocycles. The van der Waals surface area contributed by atoms with E-state index in [1.54, 1.807) is 0 Å². The molecular weight excluding hydrogens is 262 g/mol. The van der Waals surface area contributed by atoms with Crippen LogP contribution in [-0.4, -0.2) is 38.5 Å². The topological polar surface area (TPSA) is 114 Å². The molecule has 0 spiro atoms. The Balaban J connectivity index is -0.0000000457. The molecule has 64 valence electrons. The molecule has 0 aliphatic carbocycles. The molecule has 0 saturated heterocycles. The van der Waals surface area contributed by atoms with E-state index in [-0.39, 0.29) is 103 Å². The van der Waals surface area contributed by atoms with E-state index in [9.17, 15) is 0 Å². The molecule has 0 bridgehead atoms. The molecular formula is C2H6K2O6S2. The summed E-state index contributed by atoms with van der Waals surface area (Å²) in [6.45, 7) is 0. The van der Waals surface area contributed by atoms with Gasteiger partial charge in [-0.25, -0.2) is 16.8 Å². The summed E-state index contributed by atoms with van der Waals surface area (Å²) >= 11 is 0. The largest absolute Gasteiger partial charge is 1.00 e. The van der Waals surface area contributed by atoms with E-state index in [4.69, 9.17) is 25.9 Å². The molecule has 0 aromatic carbocycles. The van der Waals surface area contributed by atoms with Crippen molar-refractivity contribution in [2.45, 2.75) is 0 Å². The Labute approximate surface area is 157 Å². The van der Waals surface area contributed by atoms with Gasteiger partial charge in [-0.05, 0) is 0 Å². The van der Waals surface area contributed by atoms with Crippen LogP contribution in [0.5, 0.6) is 0 Å². The molecule has 0 heterocycles. The molecule has 0 radical (unpaired) electrons. The summed E-state index contributed by atoms with van der Waals surface area (Å²) in [7, 11) is -7.83. The third-order valence-corrected chi connectivity index (χ3v) is 0. The average Bonchev–Trinajstić information content (AvgIpc) is 1.12. The maximum Gasteiger partial charge on any atom is 1.00 e. The normalized spacial score (nSPS) is 9.67. The van der Waals surface area contributed by atoms with Crippen LogP contribution in [0.25, 0.3) is 0 Å². The monoisotopic (exact) mass is 268 g/mol. The van der Waals surface area contributed by atoms with E-state index < -0.39 is 20.2 Å². The summed E-state index contributed by atoms with van der Waals surface area (Å²) in [5.41, 5.74) is 0. The fourth-order valence-corrected chi connectivity index (χ4v) is 0. The van der Waals surface area contributed by atoms with Crippen LogP contribution in [0.1, 0.15) is 0 Å². The minimum absolute atomic E-state index is 0. The van der Waals surface area contributed by atoms with Crippen LogP contribution in [0.2, 0.25) is 0 Å². The third-order valence-electron chi connectivity index (χ3n) is 0. The van der Waals surface area contributed by atoms with Gasteiger partial charge in [0.2, 0.25) is 0 Å². The molecule has 6 nitrogen and oxygen atoms in total. The fraction of sp³-hybridized carbons (Fsp3) is 1.00. The molecule has 0 aliphatic rings. The summed E-state index contributed by atoms with van der Waals surface area (Å²) in [6.07, 6.45) is 1.21. The van der Waals surface area contributed by atoms with Gasteiger partial charge < -0.3 is 9.11 Å². The smallest absolute Gasteiger partial charge is 0.748 e. The molecule has 0 rings (SSSR count). The van der Waals surface area contributed by atoms with Gasteiger partial charge in [0.05, 0.1) is 20.2 Å². The van der Waals surface area contributed by atoms with Crippen molar-refractivity contribution in [3.63, 3.8) is 0 Å². The Kier molecular flexibility index (Phi) is 21.5. The zero-order chi connectivity index (χ0) is 9.00. The molecule has 0 unspecified atom stereocenters. The summed E-state index contributed by atoms with van der Waals surface area (Å²) in [5, 5.41) is 0. The van der Waals surface area contributed by atoms with E-state index in [2.05, 4.69) is 0 Å². The Hall–Kier alpha value is 3.09. The van der Waals surface area contributed by atoms with Crippen LogP contribution in [0.3, 0.4) is 0 Å². The van der Waals surface area contributed by atoms with E-state index in [0.29, 0.717) is 12.5 Å². The minimum Gasteiger partial charge on any atom is -0.748 e. The van der Waals surface area contributed by atoms with Crippen molar-refractivity contribution >= 4 is 20.2 Å². The number of hydrogen-bond acceptors (Lipinski definition) is 6. The van der Waals surface area contributed by atoms with Crippen LogP contribution in [0.15, 0.2) is 0 Å². The fourth-order valence-electron chi connectivity index (χ4n) is 0. The summed E-state index contributed by atoms with van der Waals surface area (Å²) in [5.74, 6) is 0. The van der Waals surface area contributed by atoms with Crippen LogP contribution >= 0.6 is 0 Å². The summed E-state index contributed by atoms with van der Waals surface area (Å²) in [6, 6.07) is 0. The van der Waals surface area contributed by atoms with E-state index in [1.807, 2.05) is 0 Å². The zero-order valence-electron chi connectivity index (χ0n) is 7.27. The number of hydrogen-bond donors (Lipinski definition) is 0. The summed E-state index contributed by atoms with van der Waals surface area (Å²) < 4.78 is 54.5. The Morgan fingerprint density at radius 2 is 0.750 bits per heavy atom. The Morgan fingerprint density at radius 1 is 0.750 bits per heavy atom. The van der Waals surface area contributed by atoms with Crippen molar-refractivity contribution in [2.75, 3.05) is 12.5 Å². The van der Waals surface area contributed by atoms with Crippen molar-refractivity contribution < 1.29 is 129 Å². The zero-order valence-corrected chi connectivity index (χ0v) is 15.1. The van der Waals surface area contributed by atoms with Gasteiger partial charge in [-0.2, -0.15) is 0 Å². The molecule has 0 fully saturated rings. The maximum atomic E-state index is 9.08. The quantitative estimate of drug-likeness (QED) is 0.318. The Morgan fingerprint density at radius 3 is 0.750 bits per heavy atom. The minimum atomic E-state index is -3.92. The Bertz CT molecular complexity index is 218. The molecule has 10 heteroatoms. The van der Waals surface area contributed by atoms with Crippen molar-refractivity contribution in [2.24, 2.45) is 0 Å². The van der Waals surface area contributed by atoms with Gasteiger partial charge in [0, 0.05) is 12.5 Å². The molecule has 0 amide bonds. The molecule has 0 aromatic heterocycles. The van der Waals surface area contributed by atoms with E-state index in [0.717, 1.165) is 0 Å². The molecule has 0 atom stereocenters. The van der Waals surface area contributed by atoms with Crippen LogP contribution in [0.4, 0.5) is 0 Å². The van der Waals surface area contributed by atoms with Gasteiger partial charge in [0.25, 0.3) is 0 Å². The van der Waals surface area contributed by atoms with Gasteiger partial charge >= 0.3 is 103 Å². The van der Waals surface area contributed by atoms with Crippen LogP contribution < -0.4 is 103 Å².